The van der Waals surface area contributed by atoms with Crippen molar-refractivity contribution in [1.82, 2.24) is 15.6 Å². The lowest BCUT2D eigenvalue weighted by molar-refractivity contribution is -0.125. The first-order chi connectivity index (χ1) is 7.16. The highest BCUT2D eigenvalue weighted by molar-refractivity contribution is 6.07. The highest BCUT2D eigenvalue weighted by Crippen LogP contribution is 2.03. The summed E-state index contributed by atoms with van der Waals surface area (Å²) in [4.78, 5) is 36.2. The molecule has 3 N–H and O–H groups in total. The summed E-state index contributed by atoms with van der Waals surface area (Å²) in [6, 6.07) is 2.51. The molecule has 0 aromatic carbocycles. The van der Waals surface area contributed by atoms with E-state index in [4.69, 9.17) is 0 Å². The minimum Gasteiger partial charge on any atom is -0.357 e. The van der Waals surface area contributed by atoms with Crippen molar-refractivity contribution in [3.8, 4) is 0 Å². The number of carbonyl (C=O) groups is 3. The molecule has 1 aliphatic rings. The minimum atomic E-state index is -0.756. The van der Waals surface area contributed by atoms with E-state index in [0.717, 1.165) is 0 Å². The SMILES string of the molecule is O=C1CC(NC(=O)c2ccc[nH]2)C(=O)N1. The summed E-state index contributed by atoms with van der Waals surface area (Å²) in [5.41, 5.74) is 0.363. The third-order valence-electron chi connectivity index (χ3n) is 2.12. The number of aromatic amines is 1. The Labute approximate surface area is 85.0 Å². The van der Waals surface area contributed by atoms with Crippen molar-refractivity contribution < 1.29 is 14.4 Å². The maximum atomic E-state index is 11.5. The van der Waals surface area contributed by atoms with Gasteiger partial charge in [0.05, 0.1) is 6.42 Å². The Hall–Kier alpha value is -2.11. The molecule has 78 valence electrons. The second-order valence-electron chi connectivity index (χ2n) is 3.23. The Bertz CT molecular complexity index is 410. The Kier molecular flexibility index (Phi) is 2.24. The van der Waals surface area contributed by atoms with Gasteiger partial charge in [-0.3, -0.25) is 19.7 Å². The van der Waals surface area contributed by atoms with Gasteiger partial charge in [-0.2, -0.15) is 0 Å². The minimum absolute atomic E-state index is 0.00524. The molecule has 6 heteroatoms. The molecule has 1 saturated heterocycles. The van der Waals surface area contributed by atoms with Gasteiger partial charge in [0.25, 0.3) is 5.91 Å². The van der Waals surface area contributed by atoms with Crippen molar-refractivity contribution in [1.29, 1.82) is 0 Å². The van der Waals surface area contributed by atoms with Crippen LogP contribution in [0.4, 0.5) is 0 Å². The highest BCUT2D eigenvalue weighted by Gasteiger charge is 2.31. The van der Waals surface area contributed by atoms with E-state index >= 15 is 0 Å². The number of imide groups is 1. The van der Waals surface area contributed by atoms with E-state index in [2.05, 4.69) is 15.6 Å². The van der Waals surface area contributed by atoms with Crippen LogP contribution in [0.15, 0.2) is 18.3 Å². The molecule has 0 saturated carbocycles. The summed E-state index contributed by atoms with van der Waals surface area (Å²) in [5, 5.41) is 4.57. The van der Waals surface area contributed by atoms with E-state index in [1.54, 1.807) is 18.3 Å². The molecule has 1 aliphatic heterocycles. The number of rotatable bonds is 2. The number of aromatic nitrogens is 1. The maximum Gasteiger partial charge on any atom is 0.268 e. The van der Waals surface area contributed by atoms with Crippen LogP contribution in [0.5, 0.6) is 0 Å². The van der Waals surface area contributed by atoms with Gasteiger partial charge in [0.15, 0.2) is 0 Å². The van der Waals surface area contributed by atoms with E-state index in [-0.39, 0.29) is 12.3 Å². The molecule has 2 heterocycles. The normalized spacial score (nSPS) is 20.1. The molecular formula is C9H9N3O3. The van der Waals surface area contributed by atoms with E-state index in [0.29, 0.717) is 5.69 Å². The third kappa shape index (κ3) is 1.88. The van der Waals surface area contributed by atoms with Crippen molar-refractivity contribution in [3.05, 3.63) is 24.0 Å². The number of hydrogen-bond acceptors (Lipinski definition) is 3. The van der Waals surface area contributed by atoms with Crippen LogP contribution in [0, 0.1) is 0 Å². The number of carbonyl (C=O) groups excluding carboxylic acids is 3. The van der Waals surface area contributed by atoms with Gasteiger partial charge in [-0.1, -0.05) is 0 Å². The topological polar surface area (TPSA) is 91.1 Å². The van der Waals surface area contributed by atoms with Crippen molar-refractivity contribution in [2.75, 3.05) is 0 Å². The summed E-state index contributed by atoms with van der Waals surface area (Å²) in [7, 11) is 0. The highest BCUT2D eigenvalue weighted by atomic mass is 16.2. The average molecular weight is 207 g/mol. The summed E-state index contributed by atoms with van der Waals surface area (Å²) in [6.07, 6.45) is 1.61. The van der Waals surface area contributed by atoms with Crippen LogP contribution in [0.2, 0.25) is 0 Å². The van der Waals surface area contributed by atoms with E-state index < -0.39 is 17.9 Å². The monoisotopic (exact) mass is 207 g/mol. The van der Waals surface area contributed by atoms with Crippen molar-refractivity contribution in [2.45, 2.75) is 12.5 Å². The molecule has 0 aliphatic carbocycles. The lowest BCUT2D eigenvalue weighted by Gasteiger charge is -2.07. The largest absolute Gasteiger partial charge is 0.357 e. The van der Waals surface area contributed by atoms with Gasteiger partial charge in [0, 0.05) is 6.20 Å². The van der Waals surface area contributed by atoms with Gasteiger partial charge in [-0.25, -0.2) is 0 Å². The molecule has 0 radical (unpaired) electrons. The van der Waals surface area contributed by atoms with Crippen LogP contribution in [-0.2, 0) is 9.59 Å². The van der Waals surface area contributed by atoms with Crippen LogP contribution in [0.25, 0.3) is 0 Å². The first kappa shape index (κ1) is 9.45. The molecule has 1 unspecified atom stereocenters. The number of nitrogens with one attached hydrogen (secondary N) is 3. The Balaban J connectivity index is 2.01. The molecule has 15 heavy (non-hydrogen) atoms. The first-order valence-corrected chi connectivity index (χ1v) is 4.45. The van der Waals surface area contributed by atoms with Crippen LogP contribution in [-0.4, -0.2) is 28.7 Å². The second-order valence-corrected chi connectivity index (χ2v) is 3.23. The van der Waals surface area contributed by atoms with E-state index in [1.807, 2.05) is 0 Å². The van der Waals surface area contributed by atoms with Gasteiger partial charge >= 0.3 is 0 Å². The van der Waals surface area contributed by atoms with Crippen LogP contribution < -0.4 is 10.6 Å². The predicted octanol–water partition coefficient (Wildman–Crippen LogP) is -0.840. The molecule has 6 nitrogen and oxygen atoms in total. The second kappa shape index (κ2) is 3.56. The smallest absolute Gasteiger partial charge is 0.268 e. The van der Waals surface area contributed by atoms with Gasteiger partial charge in [-0.15, -0.1) is 0 Å². The molecule has 1 fully saturated rings. The first-order valence-electron chi connectivity index (χ1n) is 4.45. The van der Waals surface area contributed by atoms with Gasteiger partial charge in [-0.05, 0) is 12.1 Å². The fourth-order valence-electron chi connectivity index (χ4n) is 1.38. The zero-order chi connectivity index (χ0) is 10.8. The Morgan fingerprint density at radius 2 is 2.27 bits per heavy atom. The van der Waals surface area contributed by atoms with E-state index in [9.17, 15) is 14.4 Å². The maximum absolute atomic E-state index is 11.5. The zero-order valence-electron chi connectivity index (χ0n) is 7.74. The number of amides is 3. The summed E-state index contributed by atoms with van der Waals surface area (Å²) in [6.45, 7) is 0. The van der Waals surface area contributed by atoms with Crippen molar-refractivity contribution in [2.24, 2.45) is 0 Å². The molecule has 1 atom stereocenters. The molecule has 1 aromatic rings. The quantitative estimate of drug-likeness (QED) is 0.552. The molecule has 0 bridgehead atoms. The molecular weight excluding hydrogens is 198 g/mol. The third-order valence-corrected chi connectivity index (χ3v) is 2.12. The zero-order valence-corrected chi connectivity index (χ0v) is 7.74. The lowest BCUT2D eigenvalue weighted by Crippen LogP contribution is -2.40. The summed E-state index contributed by atoms with van der Waals surface area (Å²) >= 11 is 0. The molecule has 2 rings (SSSR count). The summed E-state index contributed by atoms with van der Waals surface area (Å²) in [5.74, 6) is -1.22. The average Bonchev–Trinajstić information content (AvgIpc) is 2.76. The van der Waals surface area contributed by atoms with Gasteiger partial charge < -0.3 is 10.3 Å². The number of H-pyrrole nitrogens is 1. The van der Waals surface area contributed by atoms with Crippen LogP contribution in [0.3, 0.4) is 0 Å². The Morgan fingerprint density at radius 1 is 1.47 bits per heavy atom. The fourth-order valence-corrected chi connectivity index (χ4v) is 1.38. The predicted molar refractivity (Wildman–Crippen MR) is 49.8 cm³/mol. The molecule has 3 amide bonds. The number of hydrogen-bond donors (Lipinski definition) is 3. The lowest BCUT2D eigenvalue weighted by atomic mass is 10.2. The van der Waals surface area contributed by atoms with Crippen molar-refractivity contribution >= 4 is 17.7 Å². The van der Waals surface area contributed by atoms with E-state index in [1.165, 1.54) is 0 Å². The molecule has 0 spiro atoms. The fraction of sp³-hybridized carbons (Fsp3) is 0.222. The van der Waals surface area contributed by atoms with Gasteiger partial charge in [0.2, 0.25) is 11.8 Å². The van der Waals surface area contributed by atoms with Gasteiger partial charge in [0.1, 0.15) is 11.7 Å². The Morgan fingerprint density at radius 3 is 2.80 bits per heavy atom. The van der Waals surface area contributed by atoms with Crippen LogP contribution >= 0.6 is 0 Å². The molecule has 1 aromatic heterocycles. The van der Waals surface area contributed by atoms with Crippen LogP contribution in [0.1, 0.15) is 16.9 Å². The van der Waals surface area contributed by atoms with Crippen molar-refractivity contribution in [3.63, 3.8) is 0 Å². The standard InChI is InChI=1S/C9H9N3O3/c13-7-4-6(9(15)12-7)11-8(14)5-2-1-3-10-5/h1-3,6,10H,4H2,(H,11,14)(H,12,13,15). The summed E-state index contributed by atoms with van der Waals surface area (Å²) < 4.78 is 0.